The summed E-state index contributed by atoms with van der Waals surface area (Å²) in [5.74, 6) is -0.219. The lowest BCUT2D eigenvalue weighted by Gasteiger charge is -2.34. The Morgan fingerprint density at radius 1 is 1.04 bits per heavy atom. The first kappa shape index (κ1) is 19.5. The van der Waals surface area contributed by atoms with Gasteiger partial charge in [-0.3, -0.25) is 9.69 Å². The van der Waals surface area contributed by atoms with Crippen LogP contribution in [-0.2, 0) is 22.4 Å². The van der Waals surface area contributed by atoms with Gasteiger partial charge in [-0.15, -0.1) is 0 Å². The highest BCUT2D eigenvalue weighted by Gasteiger charge is 2.21. The fraction of sp³-hybridized carbons (Fsp3) is 0.409. The molecule has 144 valence electrons. The third-order valence-electron chi connectivity index (χ3n) is 4.97. The highest BCUT2D eigenvalue weighted by Crippen LogP contribution is 2.11. The molecule has 1 N–H and O–H groups in total. The van der Waals surface area contributed by atoms with Gasteiger partial charge >= 0.3 is 0 Å². The van der Waals surface area contributed by atoms with Gasteiger partial charge in [-0.25, -0.2) is 4.39 Å². The van der Waals surface area contributed by atoms with E-state index in [1.54, 1.807) is 12.1 Å². The van der Waals surface area contributed by atoms with Crippen LogP contribution in [0.5, 0.6) is 0 Å². The van der Waals surface area contributed by atoms with E-state index in [0.29, 0.717) is 19.4 Å². The lowest BCUT2D eigenvalue weighted by atomic mass is 10.0. The fourth-order valence-corrected chi connectivity index (χ4v) is 3.39. The van der Waals surface area contributed by atoms with Crippen molar-refractivity contribution < 1.29 is 13.9 Å². The van der Waals surface area contributed by atoms with E-state index in [4.69, 9.17) is 4.74 Å². The van der Waals surface area contributed by atoms with Crippen molar-refractivity contribution >= 4 is 5.91 Å². The molecule has 1 fully saturated rings. The molecule has 1 aliphatic heterocycles. The van der Waals surface area contributed by atoms with Crippen LogP contribution in [0.25, 0.3) is 0 Å². The van der Waals surface area contributed by atoms with Gasteiger partial charge in [0.1, 0.15) is 5.82 Å². The molecule has 1 aliphatic rings. The van der Waals surface area contributed by atoms with Crippen molar-refractivity contribution in [3.05, 3.63) is 71.5 Å². The van der Waals surface area contributed by atoms with Gasteiger partial charge in [0.25, 0.3) is 0 Å². The number of morpholine rings is 1. The molecule has 0 aliphatic carbocycles. The van der Waals surface area contributed by atoms with Crippen LogP contribution in [0.3, 0.4) is 0 Å². The Hall–Kier alpha value is -2.24. The first-order valence-electron chi connectivity index (χ1n) is 9.57. The van der Waals surface area contributed by atoms with Gasteiger partial charge in [0.05, 0.1) is 13.2 Å². The van der Waals surface area contributed by atoms with Gasteiger partial charge in [0, 0.05) is 32.1 Å². The molecule has 2 aromatic carbocycles. The summed E-state index contributed by atoms with van der Waals surface area (Å²) >= 11 is 0. The molecular formula is C22H27FN2O2. The number of hydrogen-bond acceptors (Lipinski definition) is 3. The summed E-state index contributed by atoms with van der Waals surface area (Å²) < 4.78 is 18.4. The van der Waals surface area contributed by atoms with Gasteiger partial charge in [-0.05, 0) is 36.1 Å². The summed E-state index contributed by atoms with van der Waals surface area (Å²) in [5.41, 5.74) is 2.25. The fourth-order valence-electron chi connectivity index (χ4n) is 3.39. The molecule has 1 atom stereocenters. The van der Waals surface area contributed by atoms with Crippen molar-refractivity contribution in [2.24, 2.45) is 0 Å². The standard InChI is InChI=1S/C22H27FN2O2/c23-20-9-6-18(7-10-20)8-11-22(26)24-17-21(25-12-14-27-15-13-25)16-19-4-2-1-3-5-19/h1-7,9-10,21H,8,11-17H2,(H,24,26). The number of halogens is 1. The highest BCUT2D eigenvalue weighted by molar-refractivity contribution is 5.76. The van der Waals surface area contributed by atoms with E-state index in [1.807, 2.05) is 18.2 Å². The van der Waals surface area contributed by atoms with E-state index in [2.05, 4.69) is 22.3 Å². The van der Waals surface area contributed by atoms with Crippen molar-refractivity contribution in [2.75, 3.05) is 32.8 Å². The number of amides is 1. The minimum Gasteiger partial charge on any atom is -0.379 e. The lowest BCUT2D eigenvalue weighted by molar-refractivity contribution is -0.121. The summed E-state index contributed by atoms with van der Waals surface area (Å²) in [5, 5.41) is 3.09. The van der Waals surface area contributed by atoms with Crippen LogP contribution in [-0.4, -0.2) is 49.7 Å². The SMILES string of the molecule is O=C(CCc1ccc(F)cc1)NCC(Cc1ccccc1)N1CCOCC1. The molecule has 5 heteroatoms. The Labute approximate surface area is 160 Å². The summed E-state index contributed by atoms with van der Waals surface area (Å²) in [4.78, 5) is 14.7. The van der Waals surface area contributed by atoms with Crippen LogP contribution in [0.1, 0.15) is 17.5 Å². The molecule has 4 nitrogen and oxygen atoms in total. The average Bonchev–Trinajstić information content (AvgIpc) is 2.72. The van der Waals surface area contributed by atoms with Gasteiger partial charge < -0.3 is 10.1 Å². The van der Waals surface area contributed by atoms with E-state index < -0.39 is 0 Å². The number of carbonyl (C=O) groups excluding carboxylic acids is 1. The van der Waals surface area contributed by atoms with Crippen LogP contribution >= 0.6 is 0 Å². The number of benzene rings is 2. The number of hydrogen-bond donors (Lipinski definition) is 1. The minimum atomic E-state index is -0.252. The topological polar surface area (TPSA) is 41.6 Å². The van der Waals surface area contributed by atoms with Gasteiger partial charge in [0.2, 0.25) is 5.91 Å². The summed E-state index contributed by atoms with van der Waals surface area (Å²) in [7, 11) is 0. The molecule has 0 saturated carbocycles. The smallest absolute Gasteiger partial charge is 0.220 e. The second-order valence-corrected chi connectivity index (χ2v) is 6.92. The number of ether oxygens (including phenoxy) is 1. The van der Waals surface area contributed by atoms with E-state index in [9.17, 15) is 9.18 Å². The molecule has 0 spiro atoms. The molecule has 1 heterocycles. The largest absolute Gasteiger partial charge is 0.379 e. The van der Waals surface area contributed by atoms with Crippen molar-refractivity contribution in [1.29, 1.82) is 0 Å². The maximum atomic E-state index is 13.0. The molecule has 2 aromatic rings. The second kappa shape index (κ2) is 10.2. The Morgan fingerprint density at radius 2 is 1.74 bits per heavy atom. The van der Waals surface area contributed by atoms with E-state index in [-0.39, 0.29) is 17.8 Å². The van der Waals surface area contributed by atoms with Crippen LogP contribution in [0, 0.1) is 5.82 Å². The molecule has 1 amide bonds. The predicted molar refractivity (Wildman–Crippen MR) is 104 cm³/mol. The van der Waals surface area contributed by atoms with E-state index >= 15 is 0 Å². The average molecular weight is 370 g/mol. The van der Waals surface area contributed by atoms with Crippen molar-refractivity contribution in [2.45, 2.75) is 25.3 Å². The van der Waals surface area contributed by atoms with Crippen LogP contribution in [0.2, 0.25) is 0 Å². The van der Waals surface area contributed by atoms with E-state index in [0.717, 1.165) is 38.3 Å². The van der Waals surface area contributed by atoms with Crippen molar-refractivity contribution in [3.63, 3.8) is 0 Å². The second-order valence-electron chi connectivity index (χ2n) is 6.92. The van der Waals surface area contributed by atoms with Crippen LogP contribution in [0.15, 0.2) is 54.6 Å². The molecule has 0 aromatic heterocycles. The molecular weight excluding hydrogens is 343 g/mol. The van der Waals surface area contributed by atoms with Gasteiger partial charge in [-0.1, -0.05) is 42.5 Å². The molecule has 0 bridgehead atoms. The van der Waals surface area contributed by atoms with Gasteiger partial charge in [-0.2, -0.15) is 0 Å². The monoisotopic (exact) mass is 370 g/mol. The van der Waals surface area contributed by atoms with Crippen molar-refractivity contribution in [1.82, 2.24) is 10.2 Å². The zero-order valence-corrected chi connectivity index (χ0v) is 15.6. The molecule has 3 rings (SSSR count). The highest BCUT2D eigenvalue weighted by atomic mass is 19.1. The maximum absolute atomic E-state index is 13.0. The van der Waals surface area contributed by atoms with Crippen molar-refractivity contribution in [3.8, 4) is 0 Å². The molecule has 1 saturated heterocycles. The maximum Gasteiger partial charge on any atom is 0.220 e. The number of rotatable bonds is 8. The summed E-state index contributed by atoms with van der Waals surface area (Å²) in [6, 6.07) is 17.0. The minimum absolute atomic E-state index is 0.0330. The molecule has 1 unspecified atom stereocenters. The quantitative estimate of drug-likeness (QED) is 0.777. The first-order valence-corrected chi connectivity index (χ1v) is 9.57. The first-order chi connectivity index (χ1) is 13.2. The lowest BCUT2D eigenvalue weighted by Crippen LogP contribution is -2.49. The summed E-state index contributed by atoms with van der Waals surface area (Å²) in [6.45, 7) is 3.89. The molecule has 0 radical (unpaired) electrons. The number of carbonyl (C=O) groups is 1. The Balaban J connectivity index is 1.51. The predicted octanol–water partition coefficient (Wildman–Crippen LogP) is 2.82. The van der Waals surface area contributed by atoms with Crippen LogP contribution < -0.4 is 5.32 Å². The third-order valence-corrected chi connectivity index (χ3v) is 4.97. The number of nitrogens with one attached hydrogen (secondary N) is 1. The van der Waals surface area contributed by atoms with Crippen LogP contribution in [0.4, 0.5) is 4.39 Å². The zero-order chi connectivity index (χ0) is 18.9. The van der Waals surface area contributed by atoms with E-state index in [1.165, 1.54) is 17.7 Å². The third kappa shape index (κ3) is 6.45. The van der Waals surface area contributed by atoms with Gasteiger partial charge in [0.15, 0.2) is 0 Å². The Bertz CT molecular complexity index is 700. The normalized spacial score (nSPS) is 16.0. The Kier molecular flexibility index (Phi) is 7.36. The Morgan fingerprint density at radius 3 is 2.44 bits per heavy atom. The number of aryl methyl sites for hydroxylation is 1. The summed E-state index contributed by atoms with van der Waals surface area (Å²) in [6.07, 6.45) is 1.93. The zero-order valence-electron chi connectivity index (χ0n) is 15.6. The number of nitrogens with zero attached hydrogens (tertiary/aromatic N) is 1. The molecule has 27 heavy (non-hydrogen) atoms.